The zero-order valence-corrected chi connectivity index (χ0v) is 15.4. The van der Waals surface area contributed by atoms with Gasteiger partial charge in [0.1, 0.15) is 0 Å². The van der Waals surface area contributed by atoms with Gasteiger partial charge < -0.3 is 0 Å². The first-order chi connectivity index (χ1) is 9.86. The maximum absolute atomic E-state index is 2.36. The third kappa shape index (κ3) is 9.10. The molecule has 0 radical (unpaired) electrons. The fourth-order valence-corrected chi connectivity index (χ4v) is 4.64. The van der Waals surface area contributed by atoms with Crippen molar-refractivity contribution in [3.05, 3.63) is 35.4 Å². The minimum absolute atomic E-state index is 1.12. The molecule has 0 bridgehead atoms. The molecule has 0 heterocycles. The summed E-state index contributed by atoms with van der Waals surface area (Å²) in [7, 11) is 2.24. The van der Waals surface area contributed by atoms with E-state index in [4.69, 9.17) is 0 Å². The van der Waals surface area contributed by atoms with E-state index in [0.717, 1.165) is 17.2 Å². The smallest absolute Gasteiger partial charge is 0.0101 e. The van der Waals surface area contributed by atoms with Crippen molar-refractivity contribution in [2.75, 3.05) is 12.3 Å². The number of rotatable bonds is 12. The second-order valence-corrected chi connectivity index (χ2v) is 8.29. The van der Waals surface area contributed by atoms with Crippen LogP contribution in [-0.4, -0.2) is 12.3 Å². The van der Waals surface area contributed by atoms with Gasteiger partial charge in [0.05, 0.1) is 0 Å². The van der Waals surface area contributed by atoms with Crippen molar-refractivity contribution in [3.63, 3.8) is 0 Å². The van der Waals surface area contributed by atoms with E-state index in [0.29, 0.717) is 0 Å². The van der Waals surface area contributed by atoms with Gasteiger partial charge in [0.2, 0.25) is 0 Å². The molecule has 2 atom stereocenters. The summed E-state index contributed by atoms with van der Waals surface area (Å²) in [5.74, 6) is 0. The first-order valence-electron chi connectivity index (χ1n) is 8.36. The van der Waals surface area contributed by atoms with E-state index in [1.54, 1.807) is 0 Å². The molecule has 0 aliphatic carbocycles. The van der Waals surface area contributed by atoms with Crippen LogP contribution in [0.15, 0.2) is 24.3 Å². The molecule has 0 aliphatic rings. The zero-order chi connectivity index (χ0) is 14.5. The molecule has 2 heteroatoms. The van der Waals surface area contributed by atoms with Crippen LogP contribution in [0.4, 0.5) is 0 Å². The van der Waals surface area contributed by atoms with E-state index in [1.807, 2.05) is 0 Å². The highest BCUT2D eigenvalue weighted by Crippen LogP contribution is 2.23. The minimum atomic E-state index is 1.12. The van der Waals surface area contributed by atoms with Crippen LogP contribution in [-0.2, 0) is 12.3 Å². The van der Waals surface area contributed by atoms with Crippen molar-refractivity contribution in [2.45, 2.75) is 64.7 Å². The highest BCUT2D eigenvalue weighted by atomic mass is 31.1. The van der Waals surface area contributed by atoms with Gasteiger partial charge in [0, 0.05) is 0 Å². The average Bonchev–Trinajstić information content (AvgIpc) is 2.48. The van der Waals surface area contributed by atoms with Crippen LogP contribution in [0, 0.1) is 0 Å². The lowest BCUT2D eigenvalue weighted by Gasteiger charge is -2.05. The predicted molar refractivity (Wildman–Crippen MR) is 99.3 cm³/mol. The Morgan fingerprint density at radius 3 is 1.40 bits per heavy atom. The molecular formula is C18H32P2. The Kier molecular flexibility index (Phi) is 11.6. The molecule has 0 fully saturated rings. The quantitative estimate of drug-likeness (QED) is 0.308. The fraction of sp³-hybridized carbons (Fsp3) is 0.667. The third-order valence-electron chi connectivity index (χ3n) is 3.60. The summed E-state index contributed by atoms with van der Waals surface area (Å²) in [6.45, 7) is 4.56. The van der Waals surface area contributed by atoms with Crippen molar-refractivity contribution in [1.29, 1.82) is 0 Å². The van der Waals surface area contributed by atoms with Crippen LogP contribution in [0.25, 0.3) is 0 Å². The number of hydrogen-bond donors (Lipinski definition) is 0. The van der Waals surface area contributed by atoms with Crippen LogP contribution in [0.1, 0.15) is 63.5 Å². The molecule has 0 spiro atoms. The lowest BCUT2D eigenvalue weighted by atomic mass is 10.2. The van der Waals surface area contributed by atoms with E-state index in [2.05, 4.69) is 38.1 Å². The Balaban J connectivity index is 2.13. The molecular weight excluding hydrogens is 278 g/mol. The molecule has 1 aromatic rings. The monoisotopic (exact) mass is 310 g/mol. The highest BCUT2D eigenvalue weighted by Gasteiger charge is 1.96. The van der Waals surface area contributed by atoms with Crippen LogP contribution in [0.3, 0.4) is 0 Å². The van der Waals surface area contributed by atoms with Gasteiger partial charge in [0.15, 0.2) is 0 Å². The maximum Gasteiger partial charge on any atom is -0.0101 e. The Bertz CT molecular complexity index is 286. The molecule has 0 aromatic heterocycles. The number of unbranched alkanes of at least 4 members (excludes halogenated alkanes) is 4. The Morgan fingerprint density at radius 1 is 0.650 bits per heavy atom. The molecule has 0 saturated heterocycles. The summed E-state index contributed by atoms with van der Waals surface area (Å²) in [5, 5.41) is 0. The predicted octanol–water partition coefficient (Wildman–Crippen LogP) is 6.42. The number of hydrogen-bond acceptors (Lipinski definition) is 0. The first kappa shape index (κ1) is 18.1. The zero-order valence-electron chi connectivity index (χ0n) is 13.4. The molecule has 1 rings (SSSR count). The highest BCUT2D eigenvalue weighted by molar-refractivity contribution is 7.37. The lowest BCUT2D eigenvalue weighted by Crippen LogP contribution is -1.85. The SMILES string of the molecule is CCCCCPCc1ccc(CPCCCCC)cc1. The van der Waals surface area contributed by atoms with Crippen molar-refractivity contribution in [2.24, 2.45) is 0 Å². The number of benzene rings is 1. The largest absolute Gasteiger partial charge is 0.118 e. The molecule has 0 saturated carbocycles. The summed E-state index contributed by atoms with van der Waals surface area (Å²) in [6, 6.07) is 9.44. The van der Waals surface area contributed by atoms with Gasteiger partial charge in [0.25, 0.3) is 0 Å². The van der Waals surface area contributed by atoms with Crippen molar-refractivity contribution in [1.82, 2.24) is 0 Å². The third-order valence-corrected chi connectivity index (χ3v) is 6.33. The van der Waals surface area contributed by atoms with E-state index in [9.17, 15) is 0 Å². The van der Waals surface area contributed by atoms with Gasteiger partial charge in [-0.1, -0.05) is 63.8 Å². The van der Waals surface area contributed by atoms with Gasteiger partial charge >= 0.3 is 0 Å². The van der Waals surface area contributed by atoms with Crippen LogP contribution in [0.2, 0.25) is 0 Å². The van der Waals surface area contributed by atoms with Gasteiger partial charge in [-0.3, -0.25) is 0 Å². The normalized spacial score (nSPS) is 12.1. The molecule has 20 heavy (non-hydrogen) atoms. The summed E-state index contributed by atoms with van der Waals surface area (Å²) >= 11 is 0. The van der Waals surface area contributed by atoms with Gasteiger partial charge in [-0.05, 0) is 48.6 Å². The molecule has 0 N–H and O–H groups in total. The second kappa shape index (κ2) is 12.8. The standard InChI is InChI=1S/C18H32P2/c1-3-5-7-13-19-15-17-9-11-18(12-10-17)16-20-14-8-6-4-2/h9-12,19-20H,3-8,13-16H2,1-2H3. The van der Waals surface area contributed by atoms with Gasteiger partial charge in [-0.15, -0.1) is 17.2 Å². The average molecular weight is 310 g/mol. The Labute approximate surface area is 130 Å². The lowest BCUT2D eigenvalue weighted by molar-refractivity contribution is 0.777. The molecule has 114 valence electrons. The topological polar surface area (TPSA) is 0 Å². The van der Waals surface area contributed by atoms with E-state index in [-0.39, 0.29) is 0 Å². The second-order valence-electron chi connectivity index (χ2n) is 5.58. The molecule has 0 amide bonds. The van der Waals surface area contributed by atoms with Crippen molar-refractivity contribution in [3.8, 4) is 0 Å². The van der Waals surface area contributed by atoms with Gasteiger partial charge in [-0.25, -0.2) is 0 Å². The Hall–Kier alpha value is 0.0800. The first-order valence-corrected chi connectivity index (χ1v) is 11.2. The van der Waals surface area contributed by atoms with Crippen molar-refractivity contribution >= 4 is 17.2 Å². The van der Waals surface area contributed by atoms with E-state index >= 15 is 0 Å². The fourth-order valence-electron chi connectivity index (χ4n) is 2.24. The summed E-state index contributed by atoms with van der Waals surface area (Å²) in [4.78, 5) is 0. The molecule has 0 nitrogen and oxygen atoms in total. The van der Waals surface area contributed by atoms with Gasteiger partial charge in [-0.2, -0.15) is 0 Å². The van der Waals surface area contributed by atoms with Crippen LogP contribution < -0.4 is 0 Å². The van der Waals surface area contributed by atoms with E-state index < -0.39 is 0 Å². The van der Waals surface area contributed by atoms with E-state index in [1.165, 1.54) is 74.3 Å². The maximum atomic E-state index is 2.36. The Morgan fingerprint density at radius 2 is 1.05 bits per heavy atom. The van der Waals surface area contributed by atoms with Crippen molar-refractivity contribution < 1.29 is 0 Å². The molecule has 0 aliphatic heterocycles. The van der Waals surface area contributed by atoms with Crippen LogP contribution >= 0.6 is 17.2 Å². The van der Waals surface area contributed by atoms with Crippen LogP contribution in [0.5, 0.6) is 0 Å². The molecule has 2 unspecified atom stereocenters. The summed E-state index contributed by atoms with van der Waals surface area (Å²) in [5.41, 5.74) is 3.08. The summed E-state index contributed by atoms with van der Waals surface area (Å²) < 4.78 is 0. The molecule has 1 aromatic carbocycles. The summed E-state index contributed by atoms with van der Waals surface area (Å²) in [6.07, 6.45) is 13.8. The minimum Gasteiger partial charge on any atom is -0.118 e.